The predicted molar refractivity (Wildman–Crippen MR) is 127 cm³/mol. The van der Waals surface area contributed by atoms with Crippen molar-refractivity contribution in [1.29, 1.82) is 0 Å². The lowest BCUT2D eigenvalue weighted by Gasteiger charge is -2.15. The molecule has 192 valence electrons. The van der Waals surface area contributed by atoms with Gasteiger partial charge in [-0.15, -0.1) is 0 Å². The first-order chi connectivity index (χ1) is 17.6. The average molecular weight is 508 g/mol. The maximum absolute atomic E-state index is 13.3. The molecule has 2 aliphatic carbocycles. The molecule has 0 unspecified atom stereocenters. The van der Waals surface area contributed by atoms with Crippen molar-refractivity contribution in [2.24, 2.45) is 0 Å². The van der Waals surface area contributed by atoms with Gasteiger partial charge in [-0.25, -0.2) is 9.59 Å². The van der Waals surface area contributed by atoms with Crippen LogP contribution in [0.4, 0.5) is 0 Å². The molecule has 11 heteroatoms. The van der Waals surface area contributed by atoms with Gasteiger partial charge in [0.2, 0.25) is 17.3 Å². The molecule has 0 amide bonds. The van der Waals surface area contributed by atoms with Gasteiger partial charge >= 0.3 is 11.9 Å². The van der Waals surface area contributed by atoms with Crippen molar-refractivity contribution in [3.8, 4) is 0 Å². The first-order valence-corrected chi connectivity index (χ1v) is 11.6. The summed E-state index contributed by atoms with van der Waals surface area (Å²) in [5.41, 5.74) is 0.486. The third kappa shape index (κ3) is 4.22. The van der Waals surface area contributed by atoms with Crippen molar-refractivity contribution < 1.29 is 43.0 Å². The zero-order chi connectivity index (χ0) is 27.0. The van der Waals surface area contributed by atoms with Crippen molar-refractivity contribution in [1.82, 2.24) is 9.97 Å². The fraction of sp³-hybridized carbons (Fsp3) is 0.308. The largest absolute Gasteiger partial charge is 0.492 e. The molecular weight excluding hydrogens is 484 g/mol. The van der Waals surface area contributed by atoms with Crippen LogP contribution >= 0.6 is 0 Å². The third-order valence-corrected chi connectivity index (χ3v) is 6.21. The standard InChI is InChI=1S/C26H24N2O9/c1-5-36-25(33)19-11(3)17-21(27-19)14(29)9-12(23(17)31)7-8-13-18-22(28-20(13)26(34)37-6-2)15(30)10-16(35-4)24(18)32/h9-10,27-28H,5-8H2,1-4H3. The summed E-state index contributed by atoms with van der Waals surface area (Å²) in [6, 6.07) is 0. The molecule has 11 nitrogen and oxygen atoms in total. The molecule has 0 radical (unpaired) electrons. The number of carbonyl (C=O) groups excluding carboxylic acids is 6. The molecular formula is C26H24N2O9. The number of Topliss-reactive ketones (excluding diaryl/α,β-unsaturated/α-hetero) is 2. The maximum atomic E-state index is 13.3. The summed E-state index contributed by atoms with van der Waals surface area (Å²) in [4.78, 5) is 82.0. The Labute approximate surface area is 210 Å². The van der Waals surface area contributed by atoms with Crippen LogP contribution in [0.1, 0.15) is 94.1 Å². The number of hydrogen-bond donors (Lipinski definition) is 2. The minimum Gasteiger partial charge on any atom is -0.492 e. The number of esters is 2. The van der Waals surface area contributed by atoms with E-state index in [-0.39, 0.29) is 76.9 Å². The Bertz CT molecular complexity index is 1450. The lowest BCUT2D eigenvalue weighted by molar-refractivity contribution is 0.0509. The van der Waals surface area contributed by atoms with E-state index in [1.54, 1.807) is 20.8 Å². The molecule has 2 aliphatic rings. The molecule has 0 saturated carbocycles. The minimum atomic E-state index is -0.769. The summed E-state index contributed by atoms with van der Waals surface area (Å²) >= 11 is 0. The van der Waals surface area contributed by atoms with Crippen LogP contribution in [0.5, 0.6) is 0 Å². The Morgan fingerprint density at radius 2 is 1.35 bits per heavy atom. The Morgan fingerprint density at radius 1 is 0.784 bits per heavy atom. The van der Waals surface area contributed by atoms with E-state index in [9.17, 15) is 28.8 Å². The van der Waals surface area contributed by atoms with Crippen molar-refractivity contribution >= 4 is 35.1 Å². The van der Waals surface area contributed by atoms with E-state index in [0.29, 0.717) is 5.56 Å². The number of ether oxygens (including phenoxy) is 3. The van der Waals surface area contributed by atoms with Crippen molar-refractivity contribution in [2.45, 2.75) is 33.6 Å². The number of aromatic nitrogens is 2. The summed E-state index contributed by atoms with van der Waals surface area (Å²) in [6.45, 7) is 4.97. The van der Waals surface area contributed by atoms with Gasteiger partial charge in [0.15, 0.2) is 11.5 Å². The second kappa shape index (κ2) is 9.84. The van der Waals surface area contributed by atoms with Gasteiger partial charge in [-0.2, -0.15) is 0 Å². The third-order valence-electron chi connectivity index (χ3n) is 6.21. The fourth-order valence-corrected chi connectivity index (χ4v) is 4.50. The summed E-state index contributed by atoms with van der Waals surface area (Å²) < 4.78 is 15.1. The van der Waals surface area contributed by atoms with Gasteiger partial charge in [-0.3, -0.25) is 19.2 Å². The molecule has 0 atom stereocenters. The number of methoxy groups -OCH3 is 1. The number of nitrogens with one attached hydrogen (secondary N) is 2. The van der Waals surface area contributed by atoms with Gasteiger partial charge in [-0.05, 0) is 50.8 Å². The van der Waals surface area contributed by atoms with Crippen LogP contribution in [0.25, 0.3) is 0 Å². The zero-order valence-electron chi connectivity index (χ0n) is 20.7. The predicted octanol–water partition coefficient (Wildman–Crippen LogP) is 2.85. The van der Waals surface area contributed by atoms with E-state index in [1.165, 1.54) is 7.11 Å². The van der Waals surface area contributed by atoms with Gasteiger partial charge in [0, 0.05) is 11.6 Å². The van der Waals surface area contributed by atoms with Crippen molar-refractivity contribution in [3.63, 3.8) is 0 Å². The van der Waals surface area contributed by atoms with Gasteiger partial charge in [0.05, 0.1) is 42.8 Å². The number of fused-ring (bicyclic) bond motifs is 2. The monoisotopic (exact) mass is 508 g/mol. The van der Waals surface area contributed by atoms with E-state index in [0.717, 1.165) is 12.2 Å². The van der Waals surface area contributed by atoms with Crippen LogP contribution in [-0.2, 0) is 20.6 Å². The summed E-state index contributed by atoms with van der Waals surface area (Å²) in [6.07, 6.45) is 2.12. The molecule has 2 aromatic heterocycles. The second-order valence-electron chi connectivity index (χ2n) is 8.31. The van der Waals surface area contributed by atoms with E-state index >= 15 is 0 Å². The highest BCUT2D eigenvalue weighted by molar-refractivity contribution is 6.26. The van der Waals surface area contributed by atoms with Crippen LogP contribution in [0.3, 0.4) is 0 Å². The Morgan fingerprint density at radius 3 is 1.97 bits per heavy atom. The smallest absolute Gasteiger partial charge is 0.355 e. The van der Waals surface area contributed by atoms with Crippen LogP contribution in [0.15, 0.2) is 23.5 Å². The molecule has 0 spiro atoms. The van der Waals surface area contributed by atoms with Crippen molar-refractivity contribution in [3.05, 3.63) is 68.5 Å². The molecule has 37 heavy (non-hydrogen) atoms. The highest BCUT2D eigenvalue weighted by atomic mass is 16.5. The molecule has 0 aromatic carbocycles. The van der Waals surface area contributed by atoms with Crippen molar-refractivity contribution in [2.75, 3.05) is 20.3 Å². The number of allylic oxidation sites excluding steroid dienone is 4. The quantitative estimate of drug-likeness (QED) is 0.511. The molecule has 0 fully saturated rings. The highest BCUT2D eigenvalue weighted by Gasteiger charge is 2.36. The first kappa shape index (κ1) is 25.5. The van der Waals surface area contributed by atoms with Crippen LogP contribution in [-0.4, -0.2) is 65.4 Å². The van der Waals surface area contributed by atoms with Gasteiger partial charge in [-0.1, -0.05) is 0 Å². The highest BCUT2D eigenvalue weighted by Crippen LogP contribution is 2.32. The molecule has 0 saturated heterocycles. The number of hydrogen-bond acceptors (Lipinski definition) is 9. The Balaban J connectivity index is 1.70. The molecule has 0 aliphatic heterocycles. The number of H-pyrrole nitrogens is 2. The topological polar surface area (TPSA) is 162 Å². The molecule has 2 N–H and O–H groups in total. The van der Waals surface area contributed by atoms with Crippen LogP contribution in [0.2, 0.25) is 0 Å². The number of ketones is 4. The van der Waals surface area contributed by atoms with E-state index in [4.69, 9.17) is 14.2 Å². The lowest BCUT2D eigenvalue weighted by atomic mass is 9.87. The lowest BCUT2D eigenvalue weighted by Crippen LogP contribution is -2.19. The van der Waals surface area contributed by atoms with E-state index in [1.807, 2.05) is 0 Å². The molecule has 4 rings (SSSR count). The first-order valence-electron chi connectivity index (χ1n) is 11.6. The second-order valence-corrected chi connectivity index (χ2v) is 8.31. The number of rotatable bonds is 8. The van der Waals surface area contributed by atoms with E-state index < -0.39 is 35.1 Å². The maximum Gasteiger partial charge on any atom is 0.355 e. The average Bonchev–Trinajstić information content (AvgIpc) is 3.42. The zero-order valence-corrected chi connectivity index (χ0v) is 20.7. The molecule has 0 bridgehead atoms. The Kier molecular flexibility index (Phi) is 6.80. The fourth-order valence-electron chi connectivity index (χ4n) is 4.50. The van der Waals surface area contributed by atoms with Gasteiger partial charge in [0.25, 0.3) is 0 Å². The number of aromatic amines is 2. The van der Waals surface area contributed by atoms with Gasteiger partial charge < -0.3 is 24.2 Å². The Hall–Kier alpha value is -4.54. The summed E-state index contributed by atoms with van der Waals surface area (Å²) in [5.74, 6) is -3.75. The van der Waals surface area contributed by atoms with Gasteiger partial charge in [0.1, 0.15) is 11.4 Å². The van der Waals surface area contributed by atoms with E-state index in [2.05, 4.69) is 9.97 Å². The summed E-state index contributed by atoms with van der Waals surface area (Å²) in [5, 5.41) is 0. The van der Waals surface area contributed by atoms with Crippen LogP contribution < -0.4 is 0 Å². The normalized spacial score (nSPS) is 14.6. The molecule has 2 aromatic rings. The summed E-state index contributed by atoms with van der Waals surface area (Å²) in [7, 11) is 1.25. The number of carbonyl (C=O) groups is 6. The SMILES string of the molecule is CCOC(=O)c1[nH]c2c(c1C)C(=O)C(CCc1c(C(=O)OCC)[nH]c3c1C(=O)C(OC)=CC3=O)=CC2=O. The van der Waals surface area contributed by atoms with Crippen LogP contribution in [0, 0.1) is 6.92 Å². The minimum absolute atomic E-state index is 0.00353. The molecule has 2 heterocycles.